The maximum Gasteiger partial charge on any atom is 0.289 e. The number of aromatic nitrogens is 2. The van der Waals surface area contributed by atoms with Crippen molar-refractivity contribution in [3.63, 3.8) is 0 Å². The van der Waals surface area contributed by atoms with Crippen LogP contribution in [0.5, 0.6) is 0 Å². The van der Waals surface area contributed by atoms with Crippen LogP contribution in [0.4, 0.5) is 5.82 Å². The number of furan rings is 1. The number of nitrogens with one attached hydrogen (secondary N) is 1. The Bertz CT molecular complexity index is 737. The Morgan fingerprint density at radius 1 is 1.15 bits per heavy atom. The van der Waals surface area contributed by atoms with Gasteiger partial charge < -0.3 is 19.5 Å². The molecule has 3 rings (SSSR count). The van der Waals surface area contributed by atoms with Crippen LogP contribution >= 0.6 is 0 Å². The molecule has 0 bridgehead atoms. The van der Waals surface area contributed by atoms with Gasteiger partial charge in [0.15, 0.2) is 5.76 Å². The van der Waals surface area contributed by atoms with E-state index in [1.807, 2.05) is 0 Å². The molecule has 27 heavy (non-hydrogen) atoms. The summed E-state index contributed by atoms with van der Waals surface area (Å²) >= 11 is 0. The van der Waals surface area contributed by atoms with Gasteiger partial charge in [0.05, 0.1) is 18.7 Å². The number of carbonyl (C=O) groups excluding carboxylic acids is 2. The van der Waals surface area contributed by atoms with Crippen LogP contribution in [0, 0.1) is 0 Å². The molecule has 0 saturated carbocycles. The smallest absolute Gasteiger partial charge is 0.289 e. The number of piperazine rings is 1. The first-order valence-electron chi connectivity index (χ1n) is 9.37. The zero-order valence-corrected chi connectivity index (χ0v) is 15.6. The van der Waals surface area contributed by atoms with E-state index >= 15 is 0 Å². The summed E-state index contributed by atoms with van der Waals surface area (Å²) in [4.78, 5) is 36.8. The first kappa shape index (κ1) is 18.9. The summed E-state index contributed by atoms with van der Waals surface area (Å²) in [6.45, 7) is 5.26. The maximum atomic E-state index is 12.3. The van der Waals surface area contributed by atoms with Gasteiger partial charge in [-0.3, -0.25) is 9.59 Å². The molecule has 1 N–H and O–H groups in total. The highest BCUT2D eigenvalue weighted by Gasteiger charge is 2.24. The van der Waals surface area contributed by atoms with Crippen molar-refractivity contribution in [2.75, 3.05) is 37.6 Å². The predicted molar refractivity (Wildman–Crippen MR) is 101 cm³/mol. The van der Waals surface area contributed by atoms with Crippen LogP contribution in [-0.4, -0.2) is 59.4 Å². The Balaban J connectivity index is 1.50. The number of nitrogens with zero attached hydrogens (tertiary/aromatic N) is 4. The van der Waals surface area contributed by atoms with Gasteiger partial charge in [-0.2, -0.15) is 0 Å². The van der Waals surface area contributed by atoms with E-state index in [1.165, 1.54) is 12.5 Å². The van der Waals surface area contributed by atoms with E-state index in [2.05, 4.69) is 27.1 Å². The number of unbranched alkanes of at least 4 members (excludes halogenated alkanes) is 2. The lowest BCUT2D eigenvalue weighted by Gasteiger charge is -2.34. The molecule has 144 valence electrons. The highest BCUT2D eigenvalue weighted by Crippen LogP contribution is 2.14. The van der Waals surface area contributed by atoms with Crippen molar-refractivity contribution in [1.82, 2.24) is 20.2 Å². The summed E-state index contributed by atoms with van der Waals surface area (Å²) in [5.74, 6) is 0.778. The monoisotopic (exact) mass is 371 g/mol. The van der Waals surface area contributed by atoms with E-state index < -0.39 is 0 Å². The molecule has 0 atom stereocenters. The minimum atomic E-state index is -0.195. The molecule has 1 aliphatic heterocycles. The molecule has 3 heterocycles. The third-order valence-corrected chi connectivity index (χ3v) is 4.56. The van der Waals surface area contributed by atoms with Gasteiger partial charge in [0, 0.05) is 32.7 Å². The van der Waals surface area contributed by atoms with Gasteiger partial charge >= 0.3 is 0 Å². The fourth-order valence-electron chi connectivity index (χ4n) is 2.96. The number of anilines is 1. The lowest BCUT2D eigenvalue weighted by atomic mass is 10.2. The van der Waals surface area contributed by atoms with Crippen LogP contribution in [0.15, 0.2) is 35.2 Å². The van der Waals surface area contributed by atoms with Crippen LogP contribution in [0.1, 0.15) is 47.2 Å². The Labute approximate surface area is 158 Å². The number of carbonyl (C=O) groups is 2. The second-order valence-corrected chi connectivity index (χ2v) is 6.48. The van der Waals surface area contributed by atoms with Gasteiger partial charge in [-0.05, 0) is 18.6 Å². The molecule has 8 heteroatoms. The predicted octanol–water partition coefficient (Wildman–Crippen LogP) is 1.95. The van der Waals surface area contributed by atoms with Crippen molar-refractivity contribution < 1.29 is 14.0 Å². The van der Waals surface area contributed by atoms with Gasteiger partial charge in [-0.25, -0.2) is 9.97 Å². The average molecular weight is 371 g/mol. The van der Waals surface area contributed by atoms with E-state index in [-0.39, 0.29) is 11.8 Å². The Kier molecular flexibility index (Phi) is 6.40. The second-order valence-electron chi connectivity index (χ2n) is 6.48. The highest BCUT2D eigenvalue weighted by molar-refractivity contribution is 5.92. The van der Waals surface area contributed by atoms with E-state index in [9.17, 15) is 9.59 Å². The number of amides is 2. The molecule has 2 aromatic heterocycles. The number of hydrogen-bond donors (Lipinski definition) is 1. The second kappa shape index (κ2) is 9.16. The summed E-state index contributed by atoms with van der Waals surface area (Å²) in [6.07, 6.45) is 7.80. The molecule has 1 saturated heterocycles. The Hall–Kier alpha value is -2.90. The molecule has 0 aliphatic carbocycles. The van der Waals surface area contributed by atoms with E-state index in [4.69, 9.17) is 4.42 Å². The quantitative estimate of drug-likeness (QED) is 0.748. The summed E-state index contributed by atoms with van der Waals surface area (Å²) in [5.41, 5.74) is 0.321. The molecular weight excluding hydrogens is 346 g/mol. The summed E-state index contributed by atoms with van der Waals surface area (Å²) < 4.78 is 5.17. The minimum Gasteiger partial charge on any atom is -0.459 e. The zero-order valence-electron chi connectivity index (χ0n) is 15.6. The first-order chi connectivity index (χ1) is 13.2. The van der Waals surface area contributed by atoms with Crippen molar-refractivity contribution >= 4 is 17.6 Å². The highest BCUT2D eigenvalue weighted by atomic mass is 16.3. The molecule has 0 spiro atoms. The molecule has 2 amide bonds. The number of rotatable bonds is 7. The van der Waals surface area contributed by atoms with Gasteiger partial charge in [0.25, 0.3) is 11.8 Å². The lowest BCUT2D eigenvalue weighted by molar-refractivity contribution is 0.0714. The third-order valence-electron chi connectivity index (χ3n) is 4.56. The molecule has 2 aromatic rings. The van der Waals surface area contributed by atoms with Crippen LogP contribution in [0.25, 0.3) is 0 Å². The van der Waals surface area contributed by atoms with Crippen molar-refractivity contribution in [2.24, 2.45) is 0 Å². The van der Waals surface area contributed by atoms with Crippen molar-refractivity contribution in [2.45, 2.75) is 26.2 Å². The standard InChI is InChI=1S/C19H25N5O3/c1-2-3-4-7-20-18(25)15-13-22-17(14-21-15)23-8-10-24(11-9-23)19(26)16-6-5-12-27-16/h5-6,12-14H,2-4,7-11H2,1H3,(H,20,25). The molecule has 0 unspecified atom stereocenters. The fraction of sp³-hybridized carbons (Fsp3) is 0.474. The molecular formula is C19H25N5O3. The minimum absolute atomic E-state index is 0.0965. The topological polar surface area (TPSA) is 91.6 Å². The summed E-state index contributed by atoms with van der Waals surface area (Å²) in [6, 6.07) is 3.38. The van der Waals surface area contributed by atoms with Crippen molar-refractivity contribution in [3.05, 3.63) is 42.2 Å². The maximum absolute atomic E-state index is 12.3. The molecule has 1 fully saturated rings. The van der Waals surface area contributed by atoms with Gasteiger partial charge in [-0.15, -0.1) is 0 Å². The third kappa shape index (κ3) is 4.84. The summed E-state index contributed by atoms with van der Waals surface area (Å²) in [5, 5.41) is 2.86. The van der Waals surface area contributed by atoms with Crippen molar-refractivity contribution in [3.8, 4) is 0 Å². The Morgan fingerprint density at radius 2 is 1.96 bits per heavy atom. The molecule has 0 radical (unpaired) electrons. The van der Waals surface area contributed by atoms with Crippen LogP contribution in [0.2, 0.25) is 0 Å². The van der Waals surface area contributed by atoms with Crippen molar-refractivity contribution in [1.29, 1.82) is 0 Å². The fourth-order valence-corrected chi connectivity index (χ4v) is 2.96. The molecule has 8 nitrogen and oxygen atoms in total. The van der Waals surface area contributed by atoms with Gasteiger partial charge in [0.1, 0.15) is 11.5 Å². The van der Waals surface area contributed by atoms with E-state index in [0.717, 1.165) is 19.3 Å². The zero-order chi connectivity index (χ0) is 19.1. The normalized spacial score (nSPS) is 14.3. The van der Waals surface area contributed by atoms with Gasteiger partial charge in [-0.1, -0.05) is 19.8 Å². The summed E-state index contributed by atoms with van der Waals surface area (Å²) in [7, 11) is 0. The average Bonchev–Trinajstić information content (AvgIpc) is 3.26. The largest absolute Gasteiger partial charge is 0.459 e. The van der Waals surface area contributed by atoms with E-state index in [0.29, 0.717) is 50.0 Å². The van der Waals surface area contributed by atoms with Crippen LogP contribution < -0.4 is 10.2 Å². The van der Waals surface area contributed by atoms with E-state index in [1.54, 1.807) is 23.2 Å². The first-order valence-corrected chi connectivity index (χ1v) is 9.37. The van der Waals surface area contributed by atoms with Crippen LogP contribution in [-0.2, 0) is 0 Å². The number of hydrogen-bond acceptors (Lipinski definition) is 6. The van der Waals surface area contributed by atoms with Gasteiger partial charge in [0.2, 0.25) is 0 Å². The SMILES string of the molecule is CCCCCNC(=O)c1cnc(N2CCN(C(=O)c3ccco3)CC2)cn1. The molecule has 0 aromatic carbocycles. The van der Waals surface area contributed by atoms with Crippen LogP contribution in [0.3, 0.4) is 0 Å². The Morgan fingerprint density at radius 3 is 2.59 bits per heavy atom. The molecule has 1 aliphatic rings. The lowest BCUT2D eigenvalue weighted by Crippen LogP contribution is -2.49.